The zero-order chi connectivity index (χ0) is 14.8. The molecule has 20 heavy (non-hydrogen) atoms. The average Bonchev–Trinajstić information content (AvgIpc) is 2.77. The van der Waals surface area contributed by atoms with Crippen molar-refractivity contribution in [1.82, 2.24) is 14.4 Å². The number of piperazine rings is 1. The van der Waals surface area contributed by atoms with Crippen molar-refractivity contribution in [2.24, 2.45) is 0 Å². The summed E-state index contributed by atoms with van der Waals surface area (Å²) >= 11 is 5.49. The van der Waals surface area contributed by atoms with E-state index in [4.69, 9.17) is 16.1 Å². The van der Waals surface area contributed by atoms with E-state index in [2.05, 4.69) is 10.1 Å². The van der Waals surface area contributed by atoms with Gasteiger partial charge in [-0.2, -0.15) is 4.31 Å². The van der Waals surface area contributed by atoms with Crippen molar-refractivity contribution in [3.8, 4) is 0 Å². The van der Waals surface area contributed by atoms with Crippen LogP contribution in [0.1, 0.15) is 11.5 Å². The van der Waals surface area contributed by atoms with Gasteiger partial charge in [-0.3, -0.25) is 4.90 Å². The Kier molecular flexibility index (Phi) is 4.85. The Balaban J connectivity index is 2.10. The molecule has 8 heteroatoms. The highest BCUT2D eigenvalue weighted by atomic mass is 35.5. The van der Waals surface area contributed by atoms with Crippen molar-refractivity contribution in [3.63, 3.8) is 0 Å². The van der Waals surface area contributed by atoms with Crippen LogP contribution in [0, 0.1) is 13.8 Å². The fraction of sp³-hybridized carbons (Fsp3) is 0.583. The number of hydrogen-bond acceptors (Lipinski definition) is 5. The molecule has 0 unspecified atom stereocenters. The third kappa shape index (κ3) is 3.06. The Bertz CT molecular complexity index is 570. The quantitative estimate of drug-likeness (QED) is 0.838. The van der Waals surface area contributed by atoms with E-state index < -0.39 is 10.0 Å². The van der Waals surface area contributed by atoms with E-state index in [0.29, 0.717) is 37.6 Å². The first-order valence-electron chi connectivity index (χ1n) is 6.37. The molecular weight excluding hydrogens is 302 g/mol. The molecule has 0 N–H and O–H groups in total. The third-order valence-electron chi connectivity index (χ3n) is 3.35. The van der Waals surface area contributed by atoms with Crippen LogP contribution < -0.4 is 0 Å². The highest BCUT2D eigenvalue weighted by Crippen LogP contribution is 2.24. The average molecular weight is 320 g/mol. The summed E-state index contributed by atoms with van der Waals surface area (Å²) in [5.74, 6) is 0.343. The Labute approximate surface area is 124 Å². The number of aryl methyl sites for hydroxylation is 2. The van der Waals surface area contributed by atoms with Crippen molar-refractivity contribution in [2.75, 3.05) is 32.7 Å². The molecule has 0 amide bonds. The maximum absolute atomic E-state index is 12.6. The summed E-state index contributed by atoms with van der Waals surface area (Å²) in [5, 5.41) is 3.72. The topological polar surface area (TPSA) is 66.7 Å². The Morgan fingerprint density at radius 1 is 1.30 bits per heavy atom. The molecule has 6 nitrogen and oxygen atoms in total. The summed E-state index contributed by atoms with van der Waals surface area (Å²) < 4.78 is 31.6. The molecule has 2 rings (SSSR count). The number of sulfonamides is 1. The summed E-state index contributed by atoms with van der Waals surface area (Å²) in [6.45, 7) is 6.29. The Morgan fingerprint density at radius 2 is 1.95 bits per heavy atom. The molecule has 112 valence electrons. The summed E-state index contributed by atoms with van der Waals surface area (Å²) in [7, 11) is -3.52. The molecule has 1 aromatic rings. The second-order valence-corrected chi connectivity index (χ2v) is 6.85. The van der Waals surface area contributed by atoms with E-state index in [1.165, 1.54) is 9.84 Å². The lowest BCUT2D eigenvalue weighted by Crippen LogP contribution is -2.48. The molecule has 1 saturated heterocycles. The molecule has 0 bridgehead atoms. The van der Waals surface area contributed by atoms with Crippen molar-refractivity contribution in [3.05, 3.63) is 23.1 Å². The normalized spacial score (nSPS) is 18.9. The Morgan fingerprint density at radius 3 is 2.45 bits per heavy atom. The number of halogens is 1. The molecule has 0 atom stereocenters. The van der Waals surface area contributed by atoms with Crippen LogP contribution in [0.15, 0.2) is 21.0 Å². The van der Waals surface area contributed by atoms with Crippen LogP contribution >= 0.6 is 11.6 Å². The maximum atomic E-state index is 12.6. The first-order valence-corrected chi connectivity index (χ1v) is 8.25. The zero-order valence-corrected chi connectivity index (χ0v) is 13.1. The smallest absolute Gasteiger partial charge is 0.248 e. The predicted octanol–water partition coefficient (Wildman–Crippen LogP) is 1.35. The van der Waals surface area contributed by atoms with E-state index in [1.807, 2.05) is 6.08 Å². The number of rotatable bonds is 4. The highest BCUT2D eigenvalue weighted by molar-refractivity contribution is 7.89. The minimum Gasteiger partial charge on any atom is -0.360 e. The molecule has 1 aromatic heterocycles. The van der Waals surface area contributed by atoms with Gasteiger partial charge in [0, 0.05) is 38.3 Å². The molecule has 1 fully saturated rings. The van der Waals surface area contributed by atoms with E-state index >= 15 is 0 Å². The van der Waals surface area contributed by atoms with Gasteiger partial charge in [-0.05, 0) is 13.8 Å². The molecule has 0 aromatic carbocycles. The van der Waals surface area contributed by atoms with E-state index in [1.54, 1.807) is 13.8 Å². The van der Waals surface area contributed by atoms with Crippen molar-refractivity contribution in [2.45, 2.75) is 18.7 Å². The second kappa shape index (κ2) is 6.26. The minimum atomic E-state index is -3.52. The van der Waals surface area contributed by atoms with Gasteiger partial charge >= 0.3 is 0 Å². The zero-order valence-electron chi connectivity index (χ0n) is 11.5. The van der Waals surface area contributed by atoms with Gasteiger partial charge in [0.15, 0.2) is 5.76 Å². The number of nitrogens with zero attached hydrogens (tertiary/aromatic N) is 3. The first-order chi connectivity index (χ1) is 9.46. The summed E-state index contributed by atoms with van der Waals surface area (Å²) in [4.78, 5) is 2.35. The first kappa shape index (κ1) is 15.5. The van der Waals surface area contributed by atoms with Crippen LogP contribution in [-0.4, -0.2) is 55.5 Å². The van der Waals surface area contributed by atoms with Crippen LogP contribution in [0.3, 0.4) is 0 Å². The predicted molar refractivity (Wildman–Crippen MR) is 76.2 cm³/mol. The van der Waals surface area contributed by atoms with E-state index in [9.17, 15) is 8.42 Å². The molecule has 0 spiro atoms. The molecule has 0 radical (unpaired) electrons. The fourth-order valence-corrected chi connectivity index (χ4v) is 4.11. The molecule has 1 aliphatic heterocycles. The largest absolute Gasteiger partial charge is 0.360 e. The molecule has 1 aliphatic rings. The van der Waals surface area contributed by atoms with Crippen LogP contribution in [0.4, 0.5) is 0 Å². The van der Waals surface area contributed by atoms with Crippen LogP contribution in [0.25, 0.3) is 0 Å². The minimum absolute atomic E-state index is 0.201. The number of aromatic nitrogens is 1. The monoisotopic (exact) mass is 319 g/mol. The summed E-state index contributed by atoms with van der Waals surface area (Å²) in [6.07, 6.45) is 1.85. The van der Waals surface area contributed by atoms with E-state index in [0.717, 1.165) is 6.54 Å². The fourth-order valence-electron chi connectivity index (χ4n) is 2.31. The highest BCUT2D eigenvalue weighted by Gasteiger charge is 2.32. The SMILES string of the molecule is Cc1noc(C)c1S(=O)(=O)N1CCN(CC=CCl)CC1. The lowest BCUT2D eigenvalue weighted by Gasteiger charge is -2.33. The van der Waals surface area contributed by atoms with Crippen LogP contribution in [0.2, 0.25) is 0 Å². The summed E-state index contributed by atoms with van der Waals surface area (Å²) in [5.41, 5.74) is 1.89. The lowest BCUT2D eigenvalue weighted by molar-refractivity contribution is 0.204. The summed E-state index contributed by atoms with van der Waals surface area (Å²) in [6, 6.07) is 0. The van der Waals surface area contributed by atoms with Gasteiger partial charge < -0.3 is 4.52 Å². The van der Waals surface area contributed by atoms with Crippen LogP contribution in [0.5, 0.6) is 0 Å². The van der Waals surface area contributed by atoms with E-state index in [-0.39, 0.29) is 4.90 Å². The van der Waals surface area contributed by atoms with Gasteiger partial charge in [-0.15, -0.1) is 0 Å². The van der Waals surface area contributed by atoms with Crippen molar-refractivity contribution in [1.29, 1.82) is 0 Å². The molecular formula is C12H18ClN3O3S. The standard InChI is InChI=1S/C12H18ClN3O3S/c1-10-12(11(2)19-14-10)20(17,18)16-8-6-15(7-9-16)5-3-4-13/h3-4H,5-9H2,1-2H3. The maximum Gasteiger partial charge on any atom is 0.248 e. The Hall–Kier alpha value is -0.890. The van der Waals surface area contributed by atoms with Crippen molar-refractivity contribution < 1.29 is 12.9 Å². The third-order valence-corrected chi connectivity index (χ3v) is 5.67. The number of hydrogen-bond donors (Lipinski definition) is 0. The van der Waals surface area contributed by atoms with Crippen LogP contribution in [-0.2, 0) is 10.0 Å². The van der Waals surface area contributed by atoms with Gasteiger partial charge in [-0.25, -0.2) is 8.42 Å². The van der Waals surface area contributed by atoms with Gasteiger partial charge in [0.05, 0.1) is 0 Å². The van der Waals surface area contributed by atoms with Crippen molar-refractivity contribution >= 4 is 21.6 Å². The van der Waals surface area contributed by atoms with Gasteiger partial charge in [0.1, 0.15) is 10.6 Å². The molecule has 0 saturated carbocycles. The van der Waals surface area contributed by atoms with Gasteiger partial charge in [-0.1, -0.05) is 22.8 Å². The second-order valence-electron chi connectivity index (χ2n) is 4.72. The molecule has 2 heterocycles. The lowest BCUT2D eigenvalue weighted by atomic mass is 10.3. The molecule has 0 aliphatic carbocycles. The van der Waals surface area contributed by atoms with Gasteiger partial charge in [0.2, 0.25) is 10.0 Å². The van der Waals surface area contributed by atoms with Gasteiger partial charge in [0.25, 0.3) is 0 Å².